The maximum atomic E-state index is 11.8. The predicted molar refractivity (Wildman–Crippen MR) is 75.1 cm³/mol. The molecular formula is C13H21N5O2. The van der Waals surface area contributed by atoms with Crippen molar-refractivity contribution >= 4 is 5.91 Å². The molecule has 0 aromatic carbocycles. The average Bonchev–Trinajstić information content (AvgIpc) is 2.75. The van der Waals surface area contributed by atoms with Gasteiger partial charge in [-0.2, -0.15) is 0 Å². The number of carbonyl (C=O) groups excluding carboxylic acids is 1. The van der Waals surface area contributed by atoms with Crippen LogP contribution in [-0.2, 0) is 0 Å². The van der Waals surface area contributed by atoms with E-state index in [1.54, 1.807) is 0 Å². The fraction of sp³-hybridized carbons (Fsp3) is 0.615. The van der Waals surface area contributed by atoms with Crippen molar-refractivity contribution in [3.8, 4) is 0 Å². The van der Waals surface area contributed by atoms with Gasteiger partial charge >= 0.3 is 0 Å². The van der Waals surface area contributed by atoms with Crippen molar-refractivity contribution in [2.45, 2.75) is 38.8 Å². The Bertz CT molecular complexity index is 485. The number of hydrazine groups is 1. The standard InChI is InChI=1S/C13H21N5O2/c1-8-10(9(2)18-17-8)4-3-5-14-13(20)11-6-16-12(19)7-15-11/h6-10,17-18H,3-5H2,1-2H3,(H,14,20)(H,16,19). The van der Waals surface area contributed by atoms with Crippen LogP contribution < -0.4 is 21.7 Å². The normalized spacial score (nSPS) is 25.6. The summed E-state index contributed by atoms with van der Waals surface area (Å²) in [4.78, 5) is 28.8. The zero-order valence-corrected chi connectivity index (χ0v) is 11.8. The first-order valence-corrected chi connectivity index (χ1v) is 6.92. The Labute approximate surface area is 117 Å². The molecule has 0 bridgehead atoms. The number of amides is 1. The quantitative estimate of drug-likeness (QED) is 0.559. The fourth-order valence-electron chi connectivity index (χ4n) is 2.51. The zero-order chi connectivity index (χ0) is 14.5. The number of hydrogen-bond acceptors (Lipinski definition) is 5. The van der Waals surface area contributed by atoms with Crippen molar-refractivity contribution in [2.75, 3.05) is 6.54 Å². The van der Waals surface area contributed by atoms with Crippen LogP contribution in [0.2, 0.25) is 0 Å². The van der Waals surface area contributed by atoms with Crippen LogP contribution in [0.4, 0.5) is 0 Å². The second kappa shape index (κ2) is 6.62. The topological polar surface area (TPSA) is 98.9 Å². The van der Waals surface area contributed by atoms with Crippen LogP contribution in [0.1, 0.15) is 37.2 Å². The van der Waals surface area contributed by atoms with E-state index in [1.165, 1.54) is 6.20 Å². The largest absolute Gasteiger partial charge is 0.351 e. The van der Waals surface area contributed by atoms with E-state index in [9.17, 15) is 9.59 Å². The fourth-order valence-corrected chi connectivity index (χ4v) is 2.51. The highest BCUT2D eigenvalue weighted by Crippen LogP contribution is 2.19. The third kappa shape index (κ3) is 3.64. The minimum Gasteiger partial charge on any atom is -0.351 e. The van der Waals surface area contributed by atoms with Crippen LogP contribution in [0.25, 0.3) is 0 Å². The minimum absolute atomic E-state index is 0.232. The van der Waals surface area contributed by atoms with Gasteiger partial charge < -0.3 is 10.3 Å². The molecule has 1 aliphatic heterocycles. The van der Waals surface area contributed by atoms with E-state index in [0.717, 1.165) is 19.0 Å². The number of carbonyl (C=O) groups is 1. The third-order valence-electron chi connectivity index (χ3n) is 3.73. The van der Waals surface area contributed by atoms with Crippen molar-refractivity contribution in [3.63, 3.8) is 0 Å². The highest BCUT2D eigenvalue weighted by molar-refractivity contribution is 5.91. The van der Waals surface area contributed by atoms with Crippen molar-refractivity contribution in [2.24, 2.45) is 5.92 Å². The Morgan fingerprint density at radius 3 is 2.65 bits per heavy atom. The highest BCUT2D eigenvalue weighted by atomic mass is 16.2. The first-order valence-electron chi connectivity index (χ1n) is 6.92. The lowest BCUT2D eigenvalue weighted by Crippen LogP contribution is -2.30. The van der Waals surface area contributed by atoms with E-state index in [0.29, 0.717) is 24.5 Å². The van der Waals surface area contributed by atoms with Gasteiger partial charge in [-0.25, -0.2) is 4.98 Å². The Balaban J connectivity index is 1.72. The van der Waals surface area contributed by atoms with Crippen LogP contribution in [-0.4, -0.2) is 34.5 Å². The molecule has 2 heterocycles. The lowest BCUT2D eigenvalue weighted by atomic mass is 9.92. The molecule has 0 saturated carbocycles. The van der Waals surface area contributed by atoms with Gasteiger partial charge in [0.2, 0.25) is 0 Å². The van der Waals surface area contributed by atoms with E-state index in [1.807, 2.05) is 0 Å². The summed E-state index contributed by atoms with van der Waals surface area (Å²) in [6, 6.07) is 0.892. The summed E-state index contributed by atoms with van der Waals surface area (Å²) in [5.74, 6) is 0.308. The molecule has 1 aliphatic rings. The van der Waals surface area contributed by atoms with Crippen molar-refractivity contribution in [1.82, 2.24) is 26.1 Å². The van der Waals surface area contributed by atoms with E-state index < -0.39 is 0 Å². The third-order valence-corrected chi connectivity index (χ3v) is 3.73. The molecule has 1 aromatic rings. The molecule has 4 N–H and O–H groups in total. The van der Waals surface area contributed by atoms with Crippen molar-refractivity contribution in [1.29, 1.82) is 0 Å². The number of aromatic amines is 1. The Kier molecular flexibility index (Phi) is 4.86. The van der Waals surface area contributed by atoms with E-state index in [2.05, 4.69) is 40.0 Å². The van der Waals surface area contributed by atoms with Gasteiger partial charge in [-0.15, -0.1) is 0 Å². The lowest BCUT2D eigenvalue weighted by Gasteiger charge is -2.17. The lowest BCUT2D eigenvalue weighted by molar-refractivity contribution is 0.0947. The van der Waals surface area contributed by atoms with E-state index in [-0.39, 0.29) is 17.2 Å². The monoisotopic (exact) mass is 279 g/mol. The molecule has 20 heavy (non-hydrogen) atoms. The molecule has 1 amide bonds. The van der Waals surface area contributed by atoms with Gasteiger partial charge in [0.05, 0.1) is 6.20 Å². The first kappa shape index (κ1) is 14.7. The molecule has 0 spiro atoms. The molecule has 2 rings (SSSR count). The van der Waals surface area contributed by atoms with Crippen LogP contribution in [0.5, 0.6) is 0 Å². The number of nitrogens with zero attached hydrogens (tertiary/aromatic N) is 1. The summed E-state index contributed by atoms with van der Waals surface area (Å²) < 4.78 is 0. The maximum Gasteiger partial charge on any atom is 0.271 e. The summed E-state index contributed by atoms with van der Waals surface area (Å²) in [5.41, 5.74) is 6.36. The molecule has 7 nitrogen and oxygen atoms in total. The Morgan fingerprint density at radius 1 is 1.35 bits per heavy atom. The van der Waals surface area contributed by atoms with Gasteiger partial charge in [-0.3, -0.25) is 20.4 Å². The Morgan fingerprint density at radius 2 is 2.05 bits per heavy atom. The summed E-state index contributed by atoms with van der Waals surface area (Å²) in [6.45, 7) is 4.92. The predicted octanol–water partition coefficient (Wildman–Crippen LogP) is -0.219. The van der Waals surface area contributed by atoms with E-state index >= 15 is 0 Å². The molecular weight excluding hydrogens is 258 g/mol. The molecule has 1 saturated heterocycles. The molecule has 7 heteroatoms. The summed E-state index contributed by atoms with van der Waals surface area (Å²) in [5, 5.41) is 2.81. The molecule has 2 unspecified atom stereocenters. The SMILES string of the molecule is CC1NNC(C)C1CCCNC(=O)c1c[nH]c(=O)cn1. The van der Waals surface area contributed by atoms with Gasteiger partial charge in [0.1, 0.15) is 5.69 Å². The number of aromatic nitrogens is 2. The molecule has 0 radical (unpaired) electrons. The smallest absolute Gasteiger partial charge is 0.271 e. The van der Waals surface area contributed by atoms with Gasteiger partial charge in [0.25, 0.3) is 11.5 Å². The van der Waals surface area contributed by atoms with Crippen LogP contribution >= 0.6 is 0 Å². The first-order chi connectivity index (χ1) is 9.58. The average molecular weight is 279 g/mol. The van der Waals surface area contributed by atoms with Crippen molar-refractivity contribution in [3.05, 3.63) is 28.4 Å². The number of nitrogens with one attached hydrogen (secondary N) is 4. The number of rotatable bonds is 5. The van der Waals surface area contributed by atoms with Gasteiger partial charge in [-0.1, -0.05) is 0 Å². The number of H-pyrrole nitrogens is 1. The molecule has 1 fully saturated rings. The molecule has 2 atom stereocenters. The number of hydrogen-bond donors (Lipinski definition) is 4. The molecule has 0 aliphatic carbocycles. The van der Waals surface area contributed by atoms with Crippen molar-refractivity contribution < 1.29 is 4.79 Å². The maximum absolute atomic E-state index is 11.8. The van der Waals surface area contributed by atoms with E-state index in [4.69, 9.17) is 0 Å². The van der Waals surface area contributed by atoms with Crippen LogP contribution in [0.15, 0.2) is 17.2 Å². The summed E-state index contributed by atoms with van der Waals surface area (Å²) in [6.07, 6.45) is 4.39. The minimum atomic E-state index is -0.314. The second-order valence-corrected chi connectivity index (χ2v) is 5.22. The van der Waals surface area contributed by atoms with Gasteiger partial charge in [0, 0.05) is 24.8 Å². The van der Waals surface area contributed by atoms with Crippen LogP contribution in [0, 0.1) is 5.92 Å². The summed E-state index contributed by atoms with van der Waals surface area (Å²) >= 11 is 0. The Hall–Kier alpha value is -1.73. The second-order valence-electron chi connectivity index (χ2n) is 5.22. The summed E-state index contributed by atoms with van der Waals surface area (Å²) in [7, 11) is 0. The van der Waals surface area contributed by atoms with Gasteiger partial charge in [0.15, 0.2) is 0 Å². The van der Waals surface area contributed by atoms with Gasteiger partial charge in [-0.05, 0) is 32.6 Å². The highest BCUT2D eigenvalue weighted by Gasteiger charge is 2.28. The zero-order valence-electron chi connectivity index (χ0n) is 11.8. The van der Waals surface area contributed by atoms with Crippen LogP contribution in [0.3, 0.4) is 0 Å². The molecule has 1 aromatic heterocycles. The molecule has 110 valence electrons.